The number of carbonyl (C=O) groups excluding carboxylic acids is 1. The molecule has 27 heavy (non-hydrogen) atoms. The highest BCUT2D eigenvalue weighted by Crippen LogP contribution is 2.31. The average molecular weight is 390 g/mol. The Bertz CT molecular complexity index is 655. The number of carbonyl (C=O) groups is 1. The number of nitrogens with two attached hydrogens (primary N) is 2. The van der Waals surface area contributed by atoms with Crippen molar-refractivity contribution in [1.29, 1.82) is 0 Å². The molecule has 6 nitrogen and oxygen atoms in total. The third-order valence-electron chi connectivity index (χ3n) is 5.63. The van der Waals surface area contributed by atoms with Crippen LogP contribution in [0.5, 0.6) is 0 Å². The van der Waals surface area contributed by atoms with Crippen LogP contribution in [0.25, 0.3) is 0 Å². The molecule has 4 N–H and O–H groups in total. The molecule has 0 aromatic rings. The zero-order chi connectivity index (χ0) is 19.4. The number of rotatable bonds is 5. The van der Waals surface area contributed by atoms with E-state index in [1.165, 1.54) is 0 Å². The van der Waals surface area contributed by atoms with Crippen LogP contribution in [0.1, 0.15) is 32.6 Å². The molecule has 1 fully saturated rings. The maximum Gasteiger partial charge on any atom is 0.239 e. The number of nitrogens with zero attached hydrogens (tertiary/aromatic N) is 3. The van der Waals surface area contributed by atoms with Gasteiger partial charge < -0.3 is 21.3 Å². The van der Waals surface area contributed by atoms with Crippen LogP contribution in [0.3, 0.4) is 0 Å². The third kappa shape index (κ3) is 4.58. The second-order valence-corrected chi connectivity index (χ2v) is 8.75. The molecule has 1 aliphatic carbocycles. The summed E-state index contributed by atoms with van der Waals surface area (Å²) in [5.74, 6) is 1.41. The van der Waals surface area contributed by atoms with Gasteiger partial charge in [-0.05, 0) is 37.0 Å². The molecular formula is C20H31N5OS. The molecule has 7 heteroatoms. The van der Waals surface area contributed by atoms with Gasteiger partial charge in [0.2, 0.25) is 5.91 Å². The van der Waals surface area contributed by atoms with Crippen LogP contribution in [-0.4, -0.2) is 59.0 Å². The lowest BCUT2D eigenvalue weighted by Gasteiger charge is -2.38. The Kier molecular flexibility index (Phi) is 6.65. The molecule has 1 unspecified atom stereocenters. The number of aliphatic imine (C=N–C) groups is 1. The van der Waals surface area contributed by atoms with Crippen LogP contribution < -0.4 is 11.5 Å². The van der Waals surface area contributed by atoms with Crippen molar-refractivity contribution < 1.29 is 4.79 Å². The summed E-state index contributed by atoms with van der Waals surface area (Å²) in [7, 11) is 0. The van der Waals surface area contributed by atoms with Gasteiger partial charge in [-0.1, -0.05) is 19.6 Å². The molecule has 148 valence electrons. The first-order chi connectivity index (χ1) is 13.0. The predicted molar refractivity (Wildman–Crippen MR) is 113 cm³/mol. The van der Waals surface area contributed by atoms with Crippen molar-refractivity contribution >= 4 is 23.5 Å². The fourth-order valence-corrected chi connectivity index (χ4v) is 5.06. The van der Waals surface area contributed by atoms with E-state index in [2.05, 4.69) is 34.9 Å². The lowest BCUT2D eigenvalue weighted by atomic mass is 10.0. The molecular weight excluding hydrogens is 358 g/mol. The lowest BCUT2D eigenvalue weighted by Crippen LogP contribution is -2.55. The maximum atomic E-state index is 12.7. The minimum absolute atomic E-state index is 0.0670. The smallest absolute Gasteiger partial charge is 0.239 e. The van der Waals surface area contributed by atoms with Crippen molar-refractivity contribution in [2.75, 3.05) is 26.2 Å². The predicted octanol–water partition coefficient (Wildman–Crippen LogP) is 2.05. The second kappa shape index (κ2) is 8.97. The SMILES string of the molecule is C=C/N=C(\C1=C(N)CC[C@H]1C)N1CCN(C(=O)[C@H](N)CC2CC=CS2)CC1. The monoisotopic (exact) mass is 389 g/mol. The molecule has 2 aliphatic heterocycles. The number of amidine groups is 1. The Hall–Kier alpha value is -1.73. The van der Waals surface area contributed by atoms with Gasteiger partial charge in [0.15, 0.2) is 0 Å². The maximum absolute atomic E-state index is 12.7. The number of hydrogen-bond donors (Lipinski definition) is 2. The van der Waals surface area contributed by atoms with E-state index >= 15 is 0 Å². The molecule has 3 rings (SSSR count). The van der Waals surface area contributed by atoms with Crippen molar-refractivity contribution in [2.24, 2.45) is 22.4 Å². The first-order valence-electron chi connectivity index (χ1n) is 9.78. The van der Waals surface area contributed by atoms with E-state index in [0.29, 0.717) is 24.3 Å². The van der Waals surface area contributed by atoms with E-state index < -0.39 is 6.04 Å². The molecule has 0 aromatic carbocycles. The van der Waals surface area contributed by atoms with Gasteiger partial charge in [-0.25, -0.2) is 4.99 Å². The highest BCUT2D eigenvalue weighted by atomic mass is 32.2. The van der Waals surface area contributed by atoms with Crippen molar-refractivity contribution in [3.63, 3.8) is 0 Å². The molecule has 0 spiro atoms. The summed E-state index contributed by atoms with van der Waals surface area (Å²) in [6.45, 7) is 8.79. The topological polar surface area (TPSA) is 88.0 Å². The molecule has 0 radical (unpaired) electrons. The quantitative estimate of drug-likeness (QED) is 0.555. The number of amides is 1. The summed E-state index contributed by atoms with van der Waals surface area (Å²) in [5.41, 5.74) is 14.5. The van der Waals surface area contributed by atoms with E-state index in [1.54, 1.807) is 18.0 Å². The van der Waals surface area contributed by atoms with Gasteiger partial charge in [0, 0.05) is 48.9 Å². The minimum atomic E-state index is -0.413. The summed E-state index contributed by atoms with van der Waals surface area (Å²) >= 11 is 1.78. The molecule has 0 saturated carbocycles. The number of hydrogen-bond acceptors (Lipinski definition) is 5. The second-order valence-electron chi connectivity index (χ2n) is 7.53. The van der Waals surface area contributed by atoms with Crippen molar-refractivity contribution in [3.8, 4) is 0 Å². The third-order valence-corrected chi connectivity index (χ3v) is 6.75. The fourth-order valence-electron chi connectivity index (χ4n) is 4.08. The fraction of sp³-hybridized carbons (Fsp3) is 0.600. The van der Waals surface area contributed by atoms with Crippen molar-refractivity contribution in [2.45, 2.75) is 43.9 Å². The van der Waals surface area contributed by atoms with Crippen LogP contribution in [0.2, 0.25) is 0 Å². The van der Waals surface area contributed by atoms with Crippen LogP contribution in [0.4, 0.5) is 0 Å². The summed E-state index contributed by atoms with van der Waals surface area (Å²) in [6.07, 6.45) is 7.47. The van der Waals surface area contributed by atoms with Crippen molar-refractivity contribution in [3.05, 3.63) is 35.5 Å². The molecule has 2 heterocycles. The summed E-state index contributed by atoms with van der Waals surface area (Å²) in [6, 6.07) is -0.413. The van der Waals surface area contributed by atoms with Gasteiger partial charge in [0.25, 0.3) is 0 Å². The number of piperazine rings is 1. The molecule has 0 aromatic heterocycles. The Balaban J connectivity index is 1.58. The Labute approximate surface area is 166 Å². The standard InChI is InChI=1S/C20H31N5OS/c1-3-23-19(18-14(2)6-7-16(18)21)24-8-10-25(11-9-24)20(26)17(22)13-15-5-4-12-27-15/h3-4,12,14-15,17H,1,5-11,13,21-22H2,2H3/b23-19+/t14-,15?,17-/m1/s1. The first-order valence-corrected chi connectivity index (χ1v) is 10.7. The largest absolute Gasteiger partial charge is 0.402 e. The van der Waals surface area contributed by atoms with Gasteiger partial charge in [0.1, 0.15) is 5.84 Å². The Morgan fingerprint density at radius 1 is 1.41 bits per heavy atom. The van der Waals surface area contributed by atoms with E-state index in [1.807, 2.05) is 4.90 Å². The van der Waals surface area contributed by atoms with Gasteiger partial charge in [-0.15, -0.1) is 11.8 Å². The highest BCUT2D eigenvalue weighted by Gasteiger charge is 2.32. The van der Waals surface area contributed by atoms with Gasteiger partial charge in [-0.3, -0.25) is 4.79 Å². The Morgan fingerprint density at radius 2 is 2.11 bits per heavy atom. The zero-order valence-electron chi connectivity index (χ0n) is 16.1. The molecule has 3 aliphatic rings. The van der Waals surface area contributed by atoms with E-state index in [9.17, 15) is 4.79 Å². The van der Waals surface area contributed by atoms with Crippen molar-refractivity contribution in [1.82, 2.24) is 9.80 Å². The molecule has 3 atom stereocenters. The Morgan fingerprint density at radius 3 is 2.67 bits per heavy atom. The van der Waals surface area contributed by atoms with Crippen LogP contribution in [-0.2, 0) is 4.79 Å². The van der Waals surface area contributed by atoms with Gasteiger partial charge in [-0.2, -0.15) is 0 Å². The minimum Gasteiger partial charge on any atom is -0.402 e. The van der Waals surface area contributed by atoms with E-state index in [4.69, 9.17) is 11.5 Å². The summed E-state index contributed by atoms with van der Waals surface area (Å²) < 4.78 is 0. The molecule has 0 bridgehead atoms. The van der Waals surface area contributed by atoms with Gasteiger partial charge in [0.05, 0.1) is 6.04 Å². The molecule has 1 saturated heterocycles. The molecule has 1 amide bonds. The number of allylic oxidation sites excluding steroid dienone is 2. The number of thioether (sulfide) groups is 1. The van der Waals surface area contributed by atoms with Crippen LogP contribution in [0.15, 0.2) is 40.5 Å². The summed E-state index contributed by atoms with van der Waals surface area (Å²) in [4.78, 5) is 21.4. The lowest BCUT2D eigenvalue weighted by molar-refractivity contribution is -0.134. The zero-order valence-corrected chi connectivity index (χ0v) is 17.0. The van der Waals surface area contributed by atoms with E-state index in [-0.39, 0.29) is 5.91 Å². The summed E-state index contributed by atoms with van der Waals surface area (Å²) in [5, 5.41) is 2.54. The average Bonchev–Trinajstić information content (AvgIpc) is 3.29. The van der Waals surface area contributed by atoms with Crippen LogP contribution >= 0.6 is 11.8 Å². The van der Waals surface area contributed by atoms with Gasteiger partial charge >= 0.3 is 0 Å². The van der Waals surface area contributed by atoms with Crippen LogP contribution in [0, 0.1) is 5.92 Å². The first kappa shape index (κ1) is 20.0. The highest BCUT2D eigenvalue weighted by molar-refractivity contribution is 8.03. The normalized spacial score (nSPS) is 27.4. The van der Waals surface area contributed by atoms with E-state index in [0.717, 1.165) is 55.9 Å².